The van der Waals surface area contributed by atoms with Gasteiger partial charge in [-0.25, -0.2) is 0 Å². The highest BCUT2D eigenvalue weighted by Gasteiger charge is 2.59. The van der Waals surface area contributed by atoms with Gasteiger partial charge in [0.05, 0.1) is 0 Å². The first-order chi connectivity index (χ1) is 15.6. The van der Waals surface area contributed by atoms with Gasteiger partial charge in [0.1, 0.15) is 10.0 Å². The van der Waals surface area contributed by atoms with Crippen LogP contribution in [0.3, 0.4) is 0 Å². The van der Waals surface area contributed by atoms with Crippen molar-refractivity contribution in [1.82, 2.24) is 0 Å². The molecule has 0 spiro atoms. The largest absolute Gasteiger partial charge is 0.461 e. The molecular formula is C30H49IO2. The standard InChI is InChI=1S/C30H49IO2/c1-19(2)8-7-9-20(3)25-12-13-26-24-11-10-22-18-23(33-28(32)21(4)31)14-16-29(22,5)27(24)15-17-30(25,26)6/h10,19-21,23-27H,7-9,11-18H2,1-6H3/t20-,21+,23-,24+,25-,26+,27+,29-,30+/m0/s1. The molecule has 0 unspecified atom stereocenters. The summed E-state index contributed by atoms with van der Waals surface area (Å²) in [5.74, 6) is 5.24. The highest BCUT2D eigenvalue weighted by Crippen LogP contribution is 2.67. The fourth-order valence-corrected chi connectivity index (χ4v) is 9.16. The van der Waals surface area contributed by atoms with Crippen LogP contribution in [0.25, 0.3) is 0 Å². The number of fused-ring (bicyclic) bond motifs is 5. The van der Waals surface area contributed by atoms with Gasteiger partial charge in [-0.05, 0) is 98.2 Å². The highest BCUT2D eigenvalue weighted by atomic mass is 127. The average molecular weight is 569 g/mol. The smallest absolute Gasteiger partial charge is 0.318 e. The molecule has 0 N–H and O–H groups in total. The summed E-state index contributed by atoms with van der Waals surface area (Å²) in [6.07, 6.45) is 17.2. The van der Waals surface area contributed by atoms with Crippen LogP contribution in [0.4, 0.5) is 0 Å². The molecule has 4 rings (SSSR count). The number of allylic oxidation sites excluding steroid dienone is 1. The van der Waals surface area contributed by atoms with Gasteiger partial charge in [0.25, 0.3) is 0 Å². The predicted octanol–water partition coefficient (Wildman–Crippen LogP) is 8.76. The second kappa shape index (κ2) is 10.1. The molecule has 0 aromatic heterocycles. The number of hydrogen-bond acceptors (Lipinski definition) is 2. The summed E-state index contributed by atoms with van der Waals surface area (Å²) in [6, 6.07) is 0. The van der Waals surface area contributed by atoms with Gasteiger partial charge in [-0.1, -0.05) is 88.1 Å². The summed E-state index contributed by atoms with van der Waals surface area (Å²) in [4.78, 5) is 12.2. The minimum atomic E-state index is -0.0558. The van der Waals surface area contributed by atoms with Crippen LogP contribution >= 0.6 is 22.6 Å². The number of rotatable bonds is 7. The molecule has 4 aliphatic rings. The third-order valence-electron chi connectivity index (χ3n) is 10.9. The molecule has 3 fully saturated rings. The van der Waals surface area contributed by atoms with E-state index < -0.39 is 0 Å². The van der Waals surface area contributed by atoms with Crippen molar-refractivity contribution in [3.8, 4) is 0 Å². The maximum absolute atomic E-state index is 12.2. The van der Waals surface area contributed by atoms with Crippen LogP contribution in [0.1, 0.15) is 112 Å². The second-order valence-electron chi connectivity index (χ2n) is 13.2. The molecule has 2 nitrogen and oxygen atoms in total. The summed E-state index contributed by atoms with van der Waals surface area (Å²) in [7, 11) is 0. The monoisotopic (exact) mass is 568 g/mol. The molecule has 4 aliphatic carbocycles. The molecule has 0 bridgehead atoms. The maximum atomic E-state index is 12.2. The molecular weight excluding hydrogens is 519 g/mol. The molecule has 3 saturated carbocycles. The lowest BCUT2D eigenvalue weighted by atomic mass is 9.47. The van der Waals surface area contributed by atoms with E-state index in [4.69, 9.17) is 4.74 Å². The number of ether oxygens (including phenoxy) is 1. The van der Waals surface area contributed by atoms with Crippen molar-refractivity contribution in [1.29, 1.82) is 0 Å². The van der Waals surface area contributed by atoms with Gasteiger partial charge in [0.15, 0.2) is 0 Å². The molecule has 3 heteroatoms. The van der Waals surface area contributed by atoms with Crippen LogP contribution in [-0.2, 0) is 9.53 Å². The van der Waals surface area contributed by atoms with Crippen molar-refractivity contribution in [3.63, 3.8) is 0 Å². The molecule has 0 heterocycles. The minimum Gasteiger partial charge on any atom is -0.461 e. The first-order valence-corrected chi connectivity index (χ1v) is 15.3. The Morgan fingerprint density at radius 2 is 1.82 bits per heavy atom. The van der Waals surface area contributed by atoms with Crippen LogP contribution in [0.5, 0.6) is 0 Å². The number of carbonyl (C=O) groups is 1. The quantitative estimate of drug-likeness (QED) is 0.133. The van der Waals surface area contributed by atoms with Crippen molar-refractivity contribution in [2.24, 2.45) is 46.3 Å². The van der Waals surface area contributed by atoms with E-state index >= 15 is 0 Å². The van der Waals surface area contributed by atoms with E-state index in [0.29, 0.717) is 10.8 Å². The van der Waals surface area contributed by atoms with Gasteiger partial charge in [0, 0.05) is 6.42 Å². The van der Waals surface area contributed by atoms with Crippen molar-refractivity contribution in [2.75, 3.05) is 0 Å². The van der Waals surface area contributed by atoms with Crippen molar-refractivity contribution >= 4 is 28.6 Å². The fraction of sp³-hybridized carbons (Fsp3) is 0.900. The molecule has 188 valence electrons. The third kappa shape index (κ3) is 4.96. The topological polar surface area (TPSA) is 26.3 Å². The zero-order chi connectivity index (χ0) is 24.0. The average Bonchev–Trinajstić information content (AvgIpc) is 3.11. The Labute approximate surface area is 217 Å². The van der Waals surface area contributed by atoms with Gasteiger partial charge < -0.3 is 4.74 Å². The summed E-state index contributed by atoms with van der Waals surface area (Å²) < 4.78 is 5.81. The van der Waals surface area contributed by atoms with Gasteiger partial charge in [-0.2, -0.15) is 0 Å². The van der Waals surface area contributed by atoms with Gasteiger partial charge in [-0.3, -0.25) is 4.79 Å². The number of carbonyl (C=O) groups excluding carboxylic acids is 1. The third-order valence-corrected chi connectivity index (χ3v) is 11.4. The lowest BCUT2D eigenvalue weighted by Gasteiger charge is -2.58. The summed E-state index contributed by atoms with van der Waals surface area (Å²) in [5, 5.41) is 0. The van der Waals surface area contributed by atoms with Crippen LogP contribution in [-0.4, -0.2) is 16.0 Å². The summed E-state index contributed by atoms with van der Waals surface area (Å²) in [6.45, 7) is 14.5. The number of esters is 1. The van der Waals surface area contributed by atoms with E-state index in [1.54, 1.807) is 5.57 Å². The van der Waals surface area contributed by atoms with Crippen LogP contribution in [0.2, 0.25) is 0 Å². The van der Waals surface area contributed by atoms with E-state index in [2.05, 4.69) is 63.3 Å². The zero-order valence-corrected chi connectivity index (χ0v) is 24.3. The first-order valence-electron chi connectivity index (χ1n) is 14.1. The molecule has 0 saturated heterocycles. The SMILES string of the molecule is CC(C)CCC[C@H](C)[C@@H]1CC[C@@H]2[C@H]3CC=C4C[C@@H](OC(=O)[C@@H](C)I)CC[C@]4(C)[C@@H]3CC[C@@]21C. The summed E-state index contributed by atoms with van der Waals surface area (Å²) in [5.41, 5.74) is 2.52. The van der Waals surface area contributed by atoms with Crippen LogP contribution in [0, 0.1) is 46.3 Å². The minimum absolute atomic E-state index is 0.0357. The van der Waals surface area contributed by atoms with E-state index in [-0.39, 0.29) is 16.0 Å². The molecule has 0 aromatic carbocycles. The molecule has 0 aliphatic heterocycles. The normalized spacial score (nSPS) is 42.1. The predicted molar refractivity (Wildman–Crippen MR) is 146 cm³/mol. The Morgan fingerprint density at radius 1 is 1.06 bits per heavy atom. The van der Waals surface area contributed by atoms with Crippen LogP contribution in [0.15, 0.2) is 11.6 Å². The number of alkyl halides is 1. The lowest BCUT2D eigenvalue weighted by Crippen LogP contribution is -2.51. The Bertz CT molecular complexity index is 742. The molecule has 0 amide bonds. The fourth-order valence-electron chi connectivity index (χ4n) is 9.01. The van der Waals surface area contributed by atoms with E-state index in [0.717, 1.165) is 48.3 Å². The number of hydrogen-bond donors (Lipinski definition) is 0. The molecule has 0 radical (unpaired) electrons. The van der Waals surface area contributed by atoms with Gasteiger partial charge in [-0.15, -0.1) is 0 Å². The van der Waals surface area contributed by atoms with E-state index in [9.17, 15) is 4.79 Å². The van der Waals surface area contributed by atoms with E-state index in [1.807, 2.05) is 6.92 Å². The molecule has 33 heavy (non-hydrogen) atoms. The summed E-state index contributed by atoms with van der Waals surface area (Å²) >= 11 is 2.17. The highest BCUT2D eigenvalue weighted by molar-refractivity contribution is 14.1. The van der Waals surface area contributed by atoms with Gasteiger partial charge >= 0.3 is 5.97 Å². The van der Waals surface area contributed by atoms with Gasteiger partial charge in [0.2, 0.25) is 0 Å². The number of halogens is 1. The maximum Gasteiger partial charge on any atom is 0.318 e. The lowest BCUT2D eigenvalue weighted by molar-refractivity contribution is -0.150. The Balaban J connectivity index is 1.45. The Kier molecular flexibility index (Phi) is 7.99. The second-order valence-corrected chi connectivity index (χ2v) is 15.1. The zero-order valence-electron chi connectivity index (χ0n) is 22.2. The van der Waals surface area contributed by atoms with Crippen LogP contribution < -0.4 is 0 Å². The molecule has 0 aromatic rings. The first kappa shape index (κ1) is 26.0. The Hall–Kier alpha value is -0.0600. The van der Waals surface area contributed by atoms with Crippen molar-refractivity contribution in [2.45, 2.75) is 122 Å². The molecule has 9 atom stereocenters. The van der Waals surface area contributed by atoms with Crippen molar-refractivity contribution in [3.05, 3.63) is 11.6 Å². The van der Waals surface area contributed by atoms with Crippen molar-refractivity contribution < 1.29 is 9.53 Å². The Morgan fingerprint density at radius 3 is 2.52 bits per heavy atom. The van der Waals surface area contributed by atoms with E-state index in [1.165, 1.54) is 57.8 Å².